The van der Waals surface area contributed by atoms with Crippen molar-refractivity contribution in [2.45, 2.75) is 33.6 Å². The number of allylic oxidation sites excluding steroid dienone is 1. The lowest BCUT2D eigenvalue weighted by atomic mass is 10.0. The van der Waals surface area contributed by atoms with Crippen LogP contribution in [0.15, 0.2) is 42.5 Å². The number of rotatable bonds is 9. The smallest absolute Gasteiger partial charge is 0.185 e. The zero-order chi connectivity index (χ0) is 18.9. The second kappa shape index (κ2) is 9.66. The summed E-state index contributed by atoms with van der Waals surface area (Å²) in [6, 6.07) is 10.2. The number of ether oxygens (including phenoxy) is 2. The van der Waals surface area contributed by atoms with Crippen LogP contribution >= 0.6 is 0 Å². The highest BCUT2D eigenvalue weighted by Gasteiger charge is 2.15. The lowest BCUT2D eigenvalue weighted by Gasteiger charge is -2.17. The molecule has 2 aromatic carbocycles. The molecule has 2 rings (SSSR count). The summed E-state index contributed by atoms with van der Waals surface area (Å²) in [5.74, 6) is 1.44. The van der Waals surface area contributed by atoms with Gasteiger partial charge in [-0.05, 0) is 62.2 Å². The third kappa shape index (κ3) is 4.88. The lowest BCUT2D eigenvalue weighted by molar-refractivity contribution is 0.104. The van der Waals surface area contributed by atoms with E-state index in [1.54, 1.807) is 18.2 Å². The molecule has 0 amide bonds. The molecule has 2 aromatic rings. The Balaban J connectivity index is 2.36. The van der Waals surface area contributed by atoms with Crippen molar-refractivity contribution >= 4 is 11.9 Å². The summed E-state index contributed by atoms with van der Waals surface area (Å²) in [4.78, 5) is 12.3. The van der Waals surface area contributed by atoms with E-state index in [0.29, 0.717) is 24.5 Å². The molecule has 0 radical (unpaired) electrons. The Morgan fingerprint density at radius 2 is 1.62 bits per heavy atom. The van der Waals surface area contributed by atoms with E-state index in [-0.39, 0.29) is 11.5 Å². The molecule has 0 heterocycles. The second-order valence-corrected chi connectivity index (χ2v) is 5.83. The summed E-state index contributed by atoms with van der Waals surface area (Å²) >= 11 is 0. The average molecular weight is 354 g/mol. The highest BCUT2D eigenvalue weighted by molar-refractivity contribution is 6.07. The number of aromatic hydroxyl groups is 1. The monoisotopic (exact) mass is 354 g/mol. The Kier molecular flexibility index (Phi) is 7.27. The molecule has 0 saturated heterocycles. The zero-order valence-corrected chi connectivity index (χ0v) is 15.6. The quantitative estimate of drug-likeness (QED) is 0.506. The van der Waals surface area contributed by atoms with Gasteiger partial charge in [-0.1, -0.05) is 25.5 Å². The molecule has 0 unspecified atom stereocenters. The van der Waals surface area contributed by atoms with Crippen LogP contribution in [0.3, 0.4) is 0 Å². The predicted molar refractivity (Wildman–Crippen MR) is 104 cm³/mol. The van der Waals surface area contributed by atoms with E-state index in [9.17, 15) is 9.90 Å². The topological polar surface area (TPSA) is 55.8 Å². The number of hydrogen-bond donors (Lipinski definition) is 1. The number of ketones is 1. The number of benzene rings is 2. The summed E-state index contributed by atoms with van der Waals surface area (Å²) < 4.78 is 11.7. The maximum absolute atomic E-state index is 12.3. The summed E-state index contributed by atoms with van der Waals surface area (Å²) in [6.45, 7) is 7.07. The van der Waals surface area contributed by atoms with E-state index in [4.69, 9.17) is 9.47 Å². The first kappa shape index (κ1) is 19.6. The third-order valence-corrected chi connectivity index (χ3v) is 3.89. The summed E-state index contributed by atoms with van der Waals surface area (Å²) in [7, 11) is 0. The van der Waals surface area contributed by atoms with Gasteiger partial charge in [0.15, 0.2) is 17.3 Å². The summed E-state index contributed by atoms with van der Waals surface area (Å²) in [5.41, 5.74) is 2.44. The van der Waals surface area contributed by atoms with E-state index in [1.165, 1.54) is 18.2 Å². The predicted octanol–water partition coefficient (Wildman–Crippen LogP) is 5.04. The van der Waals surface area contributed by atoms with Gasteiger partial charge in [0.1, 0.15) is 5.75 Å². The number of phenols is 1. The highest BCUT2D eigenvalue weighted by atomic mass is 16.5. The van der Waals surface area contributed by atoms with Crippen molar-refractivity contribution in [1.82, 2.24) is 0 Å². The molecule has 0 fully saturated rings. The van der Waals surface area contributed by atoms with Crippen LogP contribution in [-0.4, -0.2) is 24.1 Å². The molecular formula is C22H26O4. The molecule has 4 heteroatoms. The number of hydrogen-bond acceptors (Lipinski definition) is 4. The van der Waals surface area contributed by atoms with Gasteiger partial charge in [0, 0.05) is 11.1 Å². The first-order chi connectivity index (χ1) is 12.6. The van der Waals surface area contributed by atoms with Crippen LogP contribution in [0, 0.1) is 0 Å². The van der Waals surface area contributed by atoms with Gasteiger partial charge >= 0.3 is 0 Å². The number of carbonyl (C=O) groups is 1. The van der Waals surface area contributed by atoms with Crippen molar-refractivity contribution in [2.75, 3.05) is 13.2 Å². The lowest BCUT2D eigenvalue weighted by Crippen LogP contribution is -2.03. The van der Waals surface area contributed by atoms with Crippen LogP contribution in [0.5, 0.6) is 17.2 Å². The third-order valence-electron chi connectivity index (χ3n) is 3.89. The first-order valence-corrected chi connectivity index (χ1v) is 9.03. The number of aryl methyl sites for hydroxylation is 1. The van der Waals surface area contributed by atoms with Crippen LogP contribution < -0.4 is 9.47 Å². The molecule has 0 aromatic heterocycles. The van der Waals surface area contributed by atoms with Gasteiger partial charge in [0.25, 0.3) is 0 Å². The minimum atomic E-state index is -0.136. The van der Waals surface area contributed by atoms with Gasteiger partial charge in [-0.15, -0.1) is 0 Å². The summed E-state index contributed by atoms with van der Waals surface area (Å²) in [5, 5.41) is 9.33. The van der Waals surface area contributed by atoms with Gasteiger partial charge in [0.2, 0.25) is 0 Å². The molecule has 138 valence electrons. The van der Waals surface area contributed by atoms with Crippen LogP contribution in [-0.2, 0) is 6.42 Å². The Morgan fingerprint density at radius 3 is 2.23 bits per heavy atom. The Hall–Kier alpha value is -2.75. The van der Waals surface area contributed by atoms with Crippen molar-refractivity contribution in [2.24, 2.45) is 0 Å². The zero-order valence-electron chi connectivity index (χ0n) is 15.6. The Morgan fingerprint density at radius 1 is 0.962 bits per heavy atom. The molecule has 0 aliphatic heterocycles. The maximum Gasteiger partial charge on any atom is 0.185 e. The highest BCUT2D eigenvalue weighted by Crippen LogP contribution is 2.37. The molecule has 0 aliphatic carbocycles. The SMILES string of the molecule is CCCc1ccc(/C=C/C(=O)c2ccc(O)cc2)c(OCC)c1OCC. The number of phenolic OH excluding ortho intramolecular Hbond substituents is 1. The van der Waals surface area contributed by atoms with Crippen molar-refractivity contribution in [1.29, 1.82) is 0 Å². The molecular weight excluding hydrogens is 328 g/mol. The minimum absolute atomic E-state index is 0.136. The van der Waals surface area contributed by atoms with Crippen LogP contribution in [0.4, 0.5) is 0 Å². The molecule has 0 bridgehead atoms. The molecule has 4 nitrogen and oxygen atoms in total. The van der Waals surface area contributed by atoms with E-state index in [1.807, 2.05) is 26.0 Å². The second-order valence-electron chi connectivity index (χ2n) is 5.83. The fourth-order valence-electron chi connectivity index (χ4n) is 2.70. The minimum Gasteiger partial charge on any atom is -0.508 e. The Labute approximate surface area is 155 Å². The van der Waals surface area contributed by atoms with E-state index < -0.39 is 0 Å². The van der Waals surface area contributed by atoms with Gasteiger partial charge in [-0.3, -0.25) is 4.79 Å². The standard InChI is InChI=1S/C22H26O4/c1-4-7-17-8-9-18(22(26-6-3)21(17)25-5-2)12-15-20(24)16-10-13-19(23)14-11-16/h8-15,23H,4-7H2,1-3H3/b15-12+. The van der Waals surface area contributed by atoms with Crippen molar-refractivity contribution in [3.05, 3.63) is 59.2 Å². The van der Waals surface area contributed by atoms with E-state index in [2.05, 4.69) is 6.92 Å². The molecule has 26 heavy (non-hydrogen) atoms. The first-order valence-electron chi connectivity index (χ1n) is 9.03. The van der Waals surface area contributed by atoms with Crippen molar-refractivity contribution in [3.8, 4) is 17.2 Å². The van der Waals surface area contributed by atoms with Gasteiger partial charge in [-0.25, -0.2) is 0 Å². The van der Waals surface area contributed by atoms with Crippen molar-refractivity contribution < 1.29 is 19.4 Å². The van der Waals surface area contributed by atoms with Gasteiger partial charge in [0.05, 0.1) is 13.2 Å². The van der Waals surface area contributed by atoms with Crippen LogP contribution in [0.1, 0.15) is 48.7 Å². The number of carbonyl (C=O) groups excluding carboxylic acids is 1. The summed E-state index contributed by atoms with van der Waals surface area (Å²) in [6.07, 6.45) is 5.18. The van der Waals surface area contributed by atoms with E-state index >= 15 is 0 Å². The fourth-order valence-corrected chi connectivity index (χ4v) is 2.70. The fraction of sp³-hybridized carbons (Fsp3) is 0.318. The largest absolute Gasteiger partial charge is 0.508 e. The molecule has 1 N–H and O–H groups in total. The van der Waals surface area contributed by atoms with Gasteiger partial charge in [-0.2, -0.15) is 0 Å². The van der Waals surface area contributed by atoms with Gasteiger partial charge < -0.3 is 14.6 Å². The molecule has 0 aliphatic rings. The van der Waals surface area contributed by atoms with E-state index in [0.717, 1.165) is 29.7 Å². The molecule has 0 saturated carbocycles. The Bertz CT molecular complexity index is 760. The van der Waals surface area contributed by atoms with Crippen molar-refractivity contribution in [3.63, 3.8) is 0 Å². The van der Waals surface area contributed by atoms with Crippen LogP contribution in [0.2, 0.25) is 0 Å². The normalized spacial score (nSPS) is 10.9. The molecule has 0 spiro atoms. The molecule has 0 atom stereocenters. The average Bonchev–Trinajstić information content (AvgIpc) is 2.64. The maximum atomic E-state index is 12.3. The van der Waals surface area contributed by atoms with Crippen LogP contribution in [0.25, 0.3) is 6.08 Å².